The van der Waals surface area contributed by atoms with Gasteiger partial charge < -0.3 is 0 Å². The molecule has 5 rings (SSSR count). The lowest BCUT2D eigenvalue weighted by Crippen LogP contribution is -1.91. The van der Waals surface area contributed by atoms with Crippen LogP contribution in [-0.2, 0) is 0 Å². The molecule has 134 valence electrons. The van der Waals surface area contributed by atoms with E-state index in [9.17, 15) is 0 Å². The summed E-state index contributed by atoms with van der Waals surface area (Å²) in [5, 5.41) is 5.25. The minimum absolute atomic E-state index is 1.27. The fraction of sp³-hybridized carbons (Fsp3) is 0.0714. The largest absolute Gasteiger partial charge is 0.0622 e. The summed E-state index contributed by atoms with van der Waals surface area (Å²) in [5.41, 5.74) is 7.83. The van der Waals surface area contributed by atoms with Crippen molar-refractivity contribution in [3.63, 3.8) is 0 Å². The Balaban J connectivity index is 1.81. The molecule has 0 bridgehead atoms. The molecule has 0 heterocycles. The van der Waals surface area contributed by atoms with Crippen LogP contribution >= 0.6 is 0 Å². The Morgan fingerprint density at radius 3 is 1.86 bits per heavy atom. The highest BCUT2D eigenvalue weighted by Gasteiger charge is 2.12. The van der Waals surface area contributed by atoms with Crippen molar-refractivity contribution in [1.29, 1.82) is 0 Å². The predicted octanol–water partition coefficient (Wildman–Crippen LogP) is 7.94. The molecule has 0 aliphatic rings. The molecular weight excluding hydrogens is 336 g/mol. The second-order valence-corrected chi connectivity index (χ2v) is 7.52. The molecular formula is C28H22. The first kappa shape index (κ1) is 16.8. The lowest BCUT2D eigenvalue weighted by atomic mass is 9.88. The summed E-state index contributed by atoms with van der Waals surface area (Å²) in [5.74, 6) is 0. The first-order valence-electron chi connectivity index (χ1n) is 9.80. The smallest absolute Gasteiger partial charge is 0.00963 e. The van der Waals surface area contributed by atoms with E-state index < -0.39 is 0 Å². The Kier molecular flexibility index (Phi) is 3.98. The van der Waals surface area contributed by atoms with E-state index in [1.807, 2.05) is 0 Å². The summed E-state index contributed by atoms with van der Waals surface area (Å²) in [7, 11) is 0. The average Bonchev–Trinajstić information content (AvgIpc) is 2.74. The summed E-state index contributed by atoms with van der Waals surface area (Å²) in [6.07, 6.45) is 0. The van der Waals surface area contributed by atoms with Crippen LogP contribution in [0.3, 0.4) is 0 Å². The van der Waals surface area contributed by atoms with Crippen LogP contribution in [0, 0.1) is 13.8 Å². The summed E-state index contributed by atoms with van der Waals surface area (Å²) in [4.78, 5) is 0. The van der Waals surface area contributed by atoms with Gasteiger partial charge >= 0.3 is 0 Å². The van der Waals surface area contributed by atoms with Crippen LogP contribution in [0.25, 0.3) is 43.8 Å². The Morgan fingerprint density at radius 1 is 0.464 bits per heavy atom. The third-order valence-electron chi connectivity index (χ3n) is 5.81. The monoisotopic (exact) mass is 358 g/mol. The van der Waals surface area contributed by atoms with Crippen molar-refractivity contribution in [2.24, 2.45) is 0 Å². The van der Waals surface area contributed by atoms with E-state index in [0.29, 0.717) is 0 Å². The Morgan fingerprint density at radius 2 is 1.11 bits per heavy atom. The van der Waals surface area contributed by atoms with Gasteiger partial charge in [-0.05, 0) is 80.9 Å². The number of hydrogen-bond donors (Lipinski definition) is 0. The number of benzene rings is 5. The van der Waals surface area contributed by atoms with Gasteiger partial charge in [0, 0.05) is 0 Å². The van der Waals surface area contributed by atoms with E-state index in [1.54, 1.807) is 0 Å². The highest BCUT2D eigenvalue weighted by molar-refractivity contribution is 6.06. The topological polar surface area (TPSA) is 0 Å². The normalized spacial score (nSPS) is 11.2. The molecule has 0 radical (unpaired) electrons. The van der Waals surface area contributed by atoms with E-state index in [1.165, 1.54) is 54.9 Å². The zero-order valence-corrected chi connectivity index (χ0v) is 16.2. The second-order valence-electron chi connectivity index (χ2n) is 7.52. The third-order valence-corrected chi connectivity index (χ3v) is 5.81. The second kappa shape index (κ2) is 6.65. The molecule has 5 aromatic carbocycles. The average molecular weight is 358 g/mol. The lowest BCUT2D eigenvalue weighted by Gasteiger charge is -2.16. The van der Waals surface area contributed by atoms with Crippen molar-refractivity contribution >= 4 is 21.5 Å². The minimum atomic E-state index is 1.27. The van der Waals surface area contributed by atoms with Crippen molar-refractivity contribution in [3.05, 3.63) is 108 Å². The standard InChI is InChI=1S/C28H22/c1-19-15-16-26(28-18-23-12-7-6-11-22(23)17-27(19)28)25-14-8-13-24(20(25)2)21-9-4-3-5-10-21/h3-18H,1-2H3. The van der Waals surface area contributed by atoms with Gasteiger partial charge in [0.2, 0.25) is 0 Å². The van der Waals surface area contributed by atoms with Crippen LogP contribution in [0.2, 0.25) is 0 Å². The zero-order chi connectivity index (χ0) is 19.1. The lowest BCUT2D eigenvalue weighted by molar-refractivity contribution is 1.45. The van der Waals surface area contributed by atoms with E-state index >= 15 is 0 Å². The maximum atomic E-state index is 2.35. The first-order valence-corrected chi connectivity index (χ1v) is 9.80. The molecule has 0 aliphatic heterocycles. The van der Waals surface area contributed by atoms with Gasteiger partial charge in [0.25, 0.3) is 0 Å². The van der Waals surface area contributed by atoms with E-state index in [0.717, 1.165) is 0 Å². The van der Waals surface area contributed by atoms with Gasteiger partial charge in [-0.25, -0.2) is 0 Å². The Bertz CT molecular complexity index is 1310. The molecule has 0 fully saturated rings. The molecule has 0 unspecified atom stereocenters. The van der Waals surface area contributed by atoms with Crippen molar-refractivity contribution in [2.45, 2.75) is 13.8 Å². The van der Waals surface area contributed by atoms with Crippen LogP contribution in [0.1, 0.15) is 11.1 Å². The fourth-order valence-corrected chi connectivity index (χ4v) is 4.27. The maximum Gasteiger partial charge on any atom is -0.00963 e. The van der Waals surface area contributed by atoms with Crippen molar-refractivity contribution in [1.82, 2.24) is 0 Å². The first-order chi connectivity index (χ1) is 13.7. The van der Waals surface area contributed by atoms with Crippen LogP contribution in [0.4, 0.5) is 0 Å². The molecule has 0 amide bonds. The number of rotatable bonds is 2. The van der Waals surface area contributed by atoms with Crippen molar-refractivity contribution in [3.8, 4) is 22.3 Å². The Labute approximate surface area is 166 Å². The van der Waals surface area contributed by atoms with Gasteiger partial charge in [0.1, 0.15) is 0 Å². The van der Waals surface area contributed by atoms with Crippen molar-refractivity contribution in [2.75, 3.05) is 0 Å². The summed E-state index contributed by atoms with van der Waals surface area (Å²) < 4.78 is 0. The molecule has 0 aliphatic carbocycles. The molecule has 28 heavy (non-hydrogen) atoms. The van der Waals surface area contributed by atoms with Crippen LogP contribution in [-0.4, -0.2) is 0 Å². The van der Waals surface area contributed by atoms with Gasteiger partial charge in [-0.3, -0.25) is 0 Å². The van der Waals surface area contributed by atoms with E-state index in [-0.39, 0.29) is 0 Å². The van der Waals surface area contributed by atoms with E-state index in [4.69, 9.17) is 0 Å². The molecule has 0 aromatic heterocycles. The molecule has 0 heteroatoms. The quantitative estimate of drug-likeness (QED) is 0.281. The highest BCUT2D eigenvalue weighted by Crippen LogP contribution is 2.37. The molecule has 0 spiro atoms. The van der Waals surface area contributed by atoms with Gasteiger partial charge in [-0.2, -0.15) is 0 Å². The summed E-state index contributed by atoms with van der Waals surface area (Å²) >= 11 is 0. The number of fused-ring (bicyclic) bond motifs is 2. The minimum Gasteiger partial charge on any atom is -0.0622 e. The van der Waals surface area contributed by atoms with Crippen LogP contribution in [0.5, 0.6) is 0 Å². The van der Waals surface area contributed by atoms with Crippen LogP contribution < -0.4 is 0 Å². The zero-order valence-electron chi connectivity index (χ0n) is 16.2. The fourth-order valence-electron chi connectivity index (χ4n) is 4.27. The number of aryl methyl sites for hydroxylation is 1. The molecule has 0 atom stereocenters. The van der Waals surface area contributed by atoms with Gasteiger partial charge in [-0.1, -0.05) is 84.9 Å². The molecule has 5 aromatic rings. The van der Waals surface area contributed by atoms with Gasteiger partial charge in [-0.15, -0.1) is 0 Å². The van der Waals surface area contributed by atoms with Gasteiger partial charge in [0.05, 0.1) is 0 Å². The molecule has 0 saturated carbocycles. The molecule has 0 N–H and O–H groups in total. The predicted molar refractivity (Wildman–Crippen MR) is 122 cm³/mol. The van der Waals surface area contributed by atoms with Crippen molar-refractivity contribution < 1.29 is 0 Å². The molecule has 0 nitrogen and oxygen atoms in total. The highest BCUT2D eigenvalue weighted by atomic mass is 14.2. The number of hydrogen-bond acceptors (Lipinski definition) is 0. The van der Waals surface area contributed by atoms with Gasteiger partial charge in [0.15, 0.2) is 0 Å². The van der Waals surface area contributed by atoms with Crippen LogP contribution in [0.15, 0.2) is 97.1 Å². The maximum absolute atomic E-state index is 2.35. The SMILES string of the molecule is Cc1c(-c2ccccc2)cccc1-c1ccc(C)c2cc3ccccc3cc12. The van der Waals surface area contributed by atoms with E-state index in [2.05, 4.69) is 111 Å². The third kappa shape index (κ3) is 2.70. The summed E-state index contributed by atoms with van der Waals surface area (Å²) in [6, 6.07) is 35.2. The summed E-state index contributed by atoms with van der Waals surface area (Å²) in [6.45, 7) is 4.44. The Hall–Kier alpha value is -3.38. The molecule has 0 saturated heterocycles.